The van der Waals surface area contributed by atoms with Gasteiger partial charge in [0.25, 0.3) is 0 Å². The Hall–Kier alpha value is -2.09. The highest BCUT2D eigenvalue weighted by Gasteiger charge is 2.67. The van der Waals surface area contributed by atoms with Crippen molar-refractivity contribution in [2.45, 2.75) is 155 Å². The normalized spacial score (nSPS) is 36.9. The Kier molecular flexibility index (Phi) is 11.9. The lowest BCUT2D eigenvalue weighted by Crippen LogP contribution is -2.62. The molecule has 0 aromatic rings. The van der Waals surface area contributed by atoms with Crippen LogP contribution < -0.4 is 5.32 Å². The first kappa shape index (κ1) is 41.7. The third-order valence-electron chi connectivity index (χ3n) is 14.2. The van der Waals surface area contributed by atoms with E-state index >= 15 is 0 Å². The highest BCUT2D eigenvalue weighted by molar-refractivity contribution is 5.83. The number of hydrogen-bond donors (Lipinski definition) is 7. The fraction of sp³-hybridized carbons (Fsp3) is 0.872. The molecule has 1 amide bonds. The van der Waals surface area contributed by atoms with Gasteiger partial charge in [0.1, 0.15) is 12.6 Å². The lowest BCUT2D eigenvalue weighted by atomic mass is 9.42. The first-order chi connectivity index (χ1) is 23.4. The van der Waals surface area contributed by atoms with Crippen LogP contribution in [0.15, 0.2) is 11.1 Å². The zero-order valence-corrected chi connectivity index (χ0v) is 32.3. The number of rotatable bonds is 13. The van der Waals surface area contributed by atoms with Crippen molar-refractivity contribution in [3.05, 3.63) is 11.1 Å². The lowest BCUT2D eigenvalue weighted by Gasteiger charge is -2.64. The molecule has 12 nitrogen and oxygen atoms in total. The van der Waals surface area contributed by atoms with Gasteiger partial charge in [-0.15, -0.1) is 0 Å². The Morgan fingerprint density at radius 1 is 0.961 bits per heavy atom. The minimum absolute atomic E-state index is 0.0143. The molecule has 0 aromatic heterocycles. The number of carbonyl (C=O) groups is 3. The van der Waals surface area contributed by atoms with Gasteiger partial charge >= 0.3 is 11.9 Å². The maximum Gasteiger partial charge on any atom is 0.325 e. The first-order valence-electron chi connectivity index (χ1n) is 18.7. The summed E-state index contributed by atoms with van der Waals surface area (Å²) in [6, 6.07) is 0. The molecule has 51 heavy (non-hydrogen) atoms. The number of aliphatic hydroxyl groups excluding tert-OH is 4. The predicted molar refractivity (Wildman–Crippen MR) is 189 cm³/mol. The molecule has 0 unspecified atom stereocenters. The molecule has 11 atom stereocenters. The van der Waals surface area contributed by atoms with Gasteiger partial charge in [-0.1, -0.05) is 45.8 Å². The van der Waals surface area contributed by atoms with Crippen LogP contribution in [0.3, 0.4) is 0 Å². The van der Waals surface area contributed by atoms with Crippen molar-refractivity contribution >= 4 is 17.8 Å². The van der Waals surface area contributed by atoms with Crippen molar-refractivity contribution in [3.63, 3.8) is 0 Å². The van der Waals surface area contributed by atoms with E-state index in [4.69, 9.17) is 4.74 Å². The number of fused-ring (bicyclic) bond motifs is 4. The topological polar surface area (TPSA) is 203 Å². The minimum Gasteiger partial charge on any atom is -0.468 e. The molecule has 4 rings (SSSR count). The summed E-state index contributed by atoms with van der Waals surface area (Å²) < 4.78 is 10.4. The molecule has 2 saturated carbocycles. The Bertz CT molecular complexity index is 1350. The van der Waals surface area contributed by atoms with Crippen LogP contribution >= 0.6 is 0 Å². The molecular weight excluding hydrogens is 658 g/mol. The van der Waals surface area contributed by atoms with E-state index in [1.807, 2.05) is 13.8 Å². The molecule has 2 fully saturated rings. The van der Waals surface area contributed by atoms with Gasteiger partial charge in [0, 0.05) is 17.4 Å². The van der Waals surface area contributed by atoms with E-state index in [1.165, 1.54) is 25.2 Å². The molecule has 0 heterocycles. The third kappa shape index (κ3) is 7.65. The van der Waals surface area contributed by atoms with Gasteiger partial charge in [-0.25, -0.2) is 0 Å². The van der Waals surface area contributed by atoms with Crippen molar-refractivity contribution < 1.29 is 54.5 Å². The highest BCUT2D eigenvalue weighted by Crippen LogP contribution is 2.72. The quantitative estimate of drug-likeness (QED) is 0.109. The number of nitrogens with one attached hydrogen (secondary N) is 1. The van der Waals surface area contributed by atoms with Crippen LogP contribution in [0.25, 0.3) is 0 Å². The molecular formula is C39H65NO11. The molecule has 292 valence electrons. The van der Waals surface area contributed by atoms with Crippen molar-refractivity contribution in [3.8, 4) is 0 Å². The smallest absolute Gasteiger partial charge is 0.325 e. The second kappa shape index (κ2) is 14.6. The van der Waals surface area contributed by atoms with Crippen molar-refractivity contribution in [1.82, 2.24) is 5.32 Å². The average molecular weight is 724 g/mol. The number of allylic oxidation sites excluding steroid dienone is 1. The van der Waals surface area contributed by atoms with Crippen molar-refractivity contribution in [2.24, 2.45) is 39.4 Å². The SMILES string of the molecule is COC(=O)CNC(=O)C[C@@](C)(O)CC(=O)O[C@H]1[C@@H](O)C[C@@]2(C)C3=C(CC[C@@H]2C1(C)C)[C@@]1(C)CC[C@H]([C@H](CO)CC[C@@H](O)C(C)(C)O)[C@@]1(C)[C@H](O)C3. The van der Waals surface area contributed by atoms with Gasteiger partial charge in [0.05, 0.1) is 49.5 Å². The summed E-state index contributed by atoms with van der Waals surface area (Å²) in [6.45, 7) is 14.7. The number of ether oxygens (including phenoxy) is 2. The Morgan fingerprint density at radius 3 is 2.20 bits per heavy atom. The first-order valence-corrected chi connectivity index (χ1v) is 18.7. The molecule has 0 bridgehead atoms. The molecule has 0 radical (unpaired) electrons. The third-order valence-corrected chi connectivity index (χ3v) is 14.2. The van der Waals surface area contributed by atoms with Gasteiger partial charge in [-0.05, 0) is 101 Å². The molecule has 0 aliphatic heterocycles. The number of carbonyl (C=O) groups excluding carboxylic acids is 3. The summed E-state index contributed by atoms with van der Waals surface area (Å²) in [4.78, 5) is 36.9. The molecule has 4 aliphatic rings. The summed E-state index contributed by atoms with van der Waals surface area (Å²) in [6.07, 6.45) is 0.551. The maximum atomic E-state index is 13.2. The van der Waals surface area contributed by atoms with E-state index in [2.05, 4.69) is 30.8 Å². The van der Waals surface area contributed by atoms with E-state index in [0.29, 0.717) is 25.7 Å². The highest BCUT2D eigenvalue weighted by atomic mass is 16.6. The largest absolute Gasteiger partial charge is 0.468 e. The van der Waals surface area contributed by atoms with Gasteiger partial charge in [-0.2, -0.15) is 0 Å². The van der Waals surface area contributed by atoms with E-state index in [1.54, 1.807) is 13.8 Å². The summed E-state index contributed by atoms with van der Waals surface area (Å²) in [5.41, 5.74) is -2.47. The minimum atomic E-state index is -1.75. The zero-order chi connectivity index (χ0) is 38.5. The number of esters is 2. The van der Waals surface area contributed by atoms with Crippen LogP contribution in [0.5, 0.6) is 0 Å². The van der Waals surface area contributed by atoms with Gasteiger partial charge in [-0.3, -0.25) is 14.4 Å². The molecule has 0 saturated heterocycles. The second-order valence-corrected chi connectivity index (χ2v) is 18.3. The molecule has 12 heteroatoms. The number of amides is 1. The second-order valence-electron chi connectivity index (χ2n) is 18.3. The Balaban J connectivity index is 1.53. The average Bonchev–Trinajstić information content (AvgIpc) is 3.30. The van der Waals surface area contributed by atoms with Crippen molar-refractivity contribution in [2.75, 3.05) is 20.3 Å². The van der Waals surface area contributed by atoms with Gasteiger partial charge in [0.2, 0.25) is 5.91 Å². The maximum absolute atomic E-state index is 13.2. The van der Waals surface area contributed by atoms with Crippen LogP contribution in [0, 0.1) is 39.4 Å². The fourth-order valence-corrected chi connectivity index (χ4v) is 11.2. The molecule has 0 spiro atoms. The molecule has 0 aromatic carbocycles. The molecule has 7 N–H and O–H groups in total. The zero-order valence-electron chi connectivity index (χ0n) is 32.3. The summed E-state index contributed by atoms with van der Waals surface area (Å²) in [7, 11) is 1.19. The number of methoxy groups -OCH3 is 1. The number of hydrogen-bond acceptors (Lipinski definition) is 11. The summed E-state index contributed by atoms with van der Waals surface area (Å²) in [5.74, 6) is -2.11. The fourth-order valence-electron chi connectivity index (χ4n) is 11.2. The van der Waals surface area contributed by atoms with E-state index in [-0.39, 0.29) is 36.3 Å². The van der Waals surface area contributed by atoms with Crippen LogP contribution in [-0.2, 0) is 23.9 Å². The number of aliphatic hydroxyl groups is 6. The summed E-state index contributed by atoms with van der Waals surface area (Å²) in [5, 5.41) is 68.5. The van der Waals surface area contributed by atoms with Gasteiger partial charge < -0.3 is 45.4 Å². The van der Waals surface area contributed by atoms with E-state index in [0.717, 1.165) is 25.7 Å². The lowest BCUT2D eigenvalue weighted by molar-refractivity contribution is -0.198. The Labute approximate surface area is 303 Å². The predicted octanol–water partition coefficient (Wildman–Crippen LogP) is 2.93. The van der Waals surface area contributed by atoms with E-state index < -0.39 is 82.6 Å². The van der Waals surface area contributed by atoms with Crippen LogP contribution in [0.1, 0.15) is 120 Å². The van der Waals surface area contributed by atoms with Gasteiger partial charge in [0.15, 0.2) is 0 Å². The van der Waals surface area contributed by atoms with Crippen LogP contribution in [-0.4, -0.2) is 104 Å². The van der Waals surface area contributed by atoms with Crippen LogP contribution in [0.4, 0.5) is 0 Å². The Morgan fingerprint density at radius 2 is 1.61 bits per heavy atom. The van der Waals surface area contributed by atoms with Crippen LogP contribution in [0.2, 0.25) is 0 Å². The monoisotopic (exact) mass is 723 g/mol. The molecule has 4 aliphatic carbocycles. The van der Waals surface area contributed by atoms with Crippen molar-refractivity contribution in [1.29, 1.82) is 0 Å². The summed E-state index contributed by atoms with van der Waals surface area (Å²) >= 11 is 0. The van der Waals surface area contributed by atoms with E-state index in [9.17, 15) is 45.0 Å². The standard InChI is InChI=1S/C39H65NO11/c1-34(2)27-12-11-24-25(16-29(44)39(8)23(14-15-38(24,39)7)22(21-41)10-13-28(43)35(3,4)48)37(27,6)17-26(42)33(34)51-31(46)19-36(5,49)18-30(45)40-20-32(47)50-9/h22-23,26-29,33,41-44,48-49H,10-21H2,1-9H3,(H,40,45)/t22-,23+,26-,27+,28+,29+,33-,36+,37-,38+,39-/m0/s1.